The van der Waals surface area contributed by atoms with Gasteiger partial charge in [0.2, 0.25) is 10.0 Å². The van der Waals surface area contributed by atoms with Crippen molar-refractivity contribution in [3.8, 4) is 0 Å². The lowest BCUT2D eigenvalue weighted by atomic mass is 10.0. The molecule has 8 nitrogen and oxygen atoms in total. The van der Waals surface area contributed by atoms with E-state index in [2.05, 4.69) is 0 Å². The number of nitrogens with zero attached hydrogens (tertiary/aromatic N) is 1. The molecule has 0 aromatic heterocycles. The quantitative estimate of drug-likeness (QED) is 0.709. The molecule has 0 saturated carbocycles. The normalized spacial score (nSPS) is 23.0. The topological polar surface area (TPSA) is 135 Å². The molecule has 10 heteroatoms. The molecule has 0 spiro atoms. The van der Waals surface area contributed by atoms with Crippen molar-refractivity contribution in [3.05, 3.63) is 29.3 Å². The summed E-state index contributed by atoms with van der Waals surface area (Å²) in [6.45, 7) is 3.12. The third kappa shape index (κ3) is 3.86. The van der Waals surface area contributed by atoms with Crippen LogP contribution in [0.5, 0.6) is 0 Å². The number of sulfonamides is 1. The summed E-state index contributed by atoms with van der Waals surface area (Å²) >= 11 is 0. The molecule has 3 N–H and O–H groups in total. The third-order valence-electron chi connectivity index (χ3n) is 4.42. The van der Waals surface area contributed by atoms with Crippen LogP contribution in [0.2, 0.25) is 0 Å². The second kappa shape index (κ2) is 6.67. The monoisotopic (exact) mass is 390 g/mol. The third-order valence-corrected chi connectivity index (χ3v) is 8.51. The summed E-state index contributed by atoms with van der Waals surface area (Å²) in [7, 11) is -7.45. The average molecular weight is 390 g/mol. The maximum Gasteiger partial charge on any atom is 0.335 e. The lowest BCUT2D eigenvalue weighted by Gasteiger charge is -2.36. The van der Waals surface area contributed by atoms with Crippen molar-refractivity contribution in [1.82, 2.24) is 4.31 Å². The Hall–Kier alpha value is -1.49. The van der Waals surface area contributed by atoms with E-state index >= 15 is 0 Å². The van der Waals surface area contributed by atoms with Crippen LogP contribution >= 0.6 is 0 Å². The molecule has 1 heterocycles. The number of hydrogen-bond donors (Lipinski definition) is 2. The van der Waals surface area contributed by atoms with Crippen molar-refractivity contribution in [2.45, 2.75) is 30.7 Å². The van der Waals surface area contributed by atoms with Gasteiger partial charge in [0.15, 0.2) is 9.84 Å². The fourth-order valence-corrected chi connectivity index (χ4v) is 7.41. The molecule has 0 unspecified atom stereocenters. The number of rotatable bonds is 6. The molecule has 1 aliphatic rings. The molecule has 0 aliphatic carbocycles. The summed E-state index contributed by atoms with van der Waals surface area (Å²) in [6.07, 6.45) is 0.173. The summed E-state index contributed by atoms with van der Waals surface area (Å²) in [6, 6.07) is 3.85. The number of carbonyl (C=O) groups is 1. The molecule has 140 valence electrons. The second-order valence-corrected chi connectivity index (χ2v) is 10.5. The zero-order valence-electron chi connectivity index (χ0n) is 14.1. The van der Waals surface area contributed by atoms with Crippen LogP contribution in [0.3, 0.4) is 0 Å². The van der Waals surface area contributed by atoms with Crippen LogP contribution < -0.4 is 5.73 Å². The fraction of sp³-hybridized carbons (Fsp3) is 0.533. The van der Waals surface area contributed by atoms with E-state index in [0.29, 0.717) is 5.56 Å². The van der Waals surface area contributed by atoms with Crippen molar-refractivity contribution in [3.63, 3.8) is 0 Å². The average Bonchev–Trinajstić information content (AvgIpc) is 2.78. The van der Waals surface area contributed by atoms with Gasteiger partial charge in [-0.3, -0.25) is 0 Å². The smallest absolute Gasteiger partial charge is 0.335 e. The number of nitrogens with two attached hydrogens (primary N) is 1. The Morgan fingerprint density at radius 3 is 2.52 bits per heavy atom. The zero-order chi connectivity index (χ0) is 19.0. The first-order chi connectivity index (χ1) is 11.4. The highest BCUT2D eigenvalue weighted by Gasteiger charge is 2.48. The van der Waals surface area contributed by atoms with Gasteiger partial charge in [0.25, 0.3) is 0 Å². The van der Waals surface area contributed by atoms with Crippen molar-refractivity contribution in [2.75, 3.05) is 24.6 Å². The summed E-state index contributed by atoms with van der Waals surface area (Å²) in [4.78, 5) is 11.0. The minimum Gasteiger partial charge on any atom is -0.478 e. The van der Waals surface area contributed by atoms with Crippen LogP contribution in [0.15, 0.2) is 23.1 Å². The van der Waals surface area contributed by atoms with Gasteiger partial charge in [-0.1, -0.05) is 6.07 Å². The molecule has 0 bridgehead atoms. The summed E-state index contributed by atoms with van der Waals surface area (Å²) < 4.78 is 51.3. The predicted molar refractivity (Wildman–Crippen MR) is 92.8 cm³/mol. The van der Waals surface area contributed by atoms with Crippen LogP contribution in [0.1, 0.15) is 29.3 Å². The van der Waals surface area contributed by atoms with E-state index in [4.69, 9.17) is 10.8 Å². The largest absolute Gasteiger partial charge is 0.478 e. The molecule has 1 aromatic rings. The van der Waals surface area contributed by atoms with Crippen molar-refractivity contribution in [2.24, 2.45) is 5.73 Å². The highest BCUT2D eigenvalue weighted by atomic mass is 32.2. The predicted octanol–water partition coefficient (Wildman–Crippen LogP) is 0.220. The SMILES string of the molecule is Cc1ccc(C(=O)O)cc1S(=O)(=O)N(CCN)[C@]1(C)CCS(=O)(=O)C1. The first-order valence-corrected chi connectivity index (χ1v) is 11.0. The molecule has 1 aliphatic heterocycles. The molecule has 1 saturated heterocycles. The molecule has 0 amide bonds. The number of carboxylic acids is 1. The van der Waals surface area contributed by atoms with E-state index in [9.17, 15) is 21.6 Å². The van der Waals surface area contributed by atoms with Crippen LogP contribution in [-0.4, -0.2) is 62.4 Å². The van der Waals surface area contributed by atoms with Gasteiger partial charge < -0.3 is 10.8 Å². The van der Waals surface area contributed by atoms with Gasteiger partial charge in [-0.15, -0.1) is 0 Å². The minimum atomic E-state index is -4.12. The number of aromatic carboxylic acids is 1. The molecular formula is C15H22N2O6S2. The van der Waals surface area contributed by atoms with Crippen LogP contribution in [0, 0.1) is 6.92 Å². The molecule has 1 atom stereocenters. The first kappa shape index (κ1) is 19.8. The molecule has 1 fully saturated rings. The maximum absolute atomic E-state index is 13.2. The van der Waals surface area contributed by atoms with Gasteiger partial charge in [0, 0.05) is 18.6 Å². The molecule has 25 heavy (non-hydrogen) atoms. The molecule has 2 rings (SSSR count). The van der Waals surface area contributed by atoms with Gasteiger partial charge >= 0.3 is 5.97 Å². The maximum atomic E-state index is 13.2. The highest BCUT2D eigenvalue weighted by Crippen LogP contribution is 2.34. The van der Waals surface area contributed by atoms with Gasteiger partial charge in [0.05, 0.1) is 22.0 Å². The number of sulfone groups is 1. The Bertz CT molecular complexity index is 895. The van der Waals surface area contributed by atoms with Crippen LogP contribution in [0.25, 0.3) is 0 Å². The molecular weight excluding hydrogens is 368 g/mol. The minimum absolute atomic E-state index is 0.0204. The van der Waals surface area contributed by atoms with Crippen molar-refractivity contribution in [1.29, 1.82) is 0 Å². The number of aryl methyl sites for hydroxylation is 1. The highest BCUT2D eigenvalue weighted by molar-refractivity contribution is 7.92. The van der Waals surface area contributed by atoms with Crippen LogP contribution in [-0.2, 0) is 19.9 Å². The van der Waals surface area contributed by atoms with Crippen LogP contribution in [0.4, 0.5) is 0 Å². The Balaban J connectivity index is 2.58. The Morgan fingerprint density at radius 1 is 1.40 bits per heavy atom. The fourth-order valence-electron chi connectivity index (χ4n) is 3.12. The van der Waals surface area contributed by atoms with Crippen molar-refractivity contribution < 1.29 is 26.7 Å². The van der Waals surface area contributed by atoms with E-state index in [1.54, 1.807) is 13.8 Å². The summed E-state index contributed by atoms with van der Waals surface area (Å²) in [5.41, 5.74) is 4.69. The van der Waals surface area contributed by atoms with E-state index in [0.717, 1.165) is 10.4 Å². The summed E-state index contributed by atoms with van der Waals surface area (Å²) in [5.74, 6) is -1.61. The van der Waals surface area contributed by atoms with E-state index < -0.39 is 31.4 Å². The van der Waals surface area contributed by atoms with E-state index in [1.807, 2.05) is 0 Å². The Morgan fingerprint density at radius 2 is 2.04 bits per heavy atom. The van der Waals surface area contributed by atoms with E-state index in [1.165, 1.54) is 12.1 Å². The van der Waals surface area contributed by atoms with Gasteiger partial charge in [-0.2, -0.15) is 4.31 Å². The Kier molecular flexibility index (Phi) is 5.29. The standard InChI is InChI=1S/C15H22N2O6S2/c1-11-3-4-12(14(18)19)9-13(11)25(22,23)17(7-6-16)15(2)5-8-24(20,21)10-15/h3-4,9H,5-8,10,16H2,1-2H3,(H,18,19)/t15-/m1/s1. The number of hydrogen-bond acceptors (Lipinski definition) is 6. The zero-order valence-corrected chi connectivity index (χ0v) is 15.7. The second-order valence-electron chi connectivity index (χ2n) is 6.49. The molecule has 1 aromatic carbocycles. The number of benzene rings is 1. The lowest BCUT2D eigenvalue weighted by molar-refractivity contribution is 0.0696. The Labute approximate surface area is 147 Å². The van der Waals surface area contributed by atoms with Crippen molar-refractivity contribution >= 4 is 25.8 Å². The van der Waals surface area contributed by atoms with Gasteiger partial charge in [-0.25, -0.2) is 21.6 Å². The summed E-state index contributed by atoms with van der Waals surface area (Å²) in [5, 5.41) is 9.13. The number of carboxylic acid groups (broad SMARTS) is 1. The van der Waals surface area contributed by atoms with Gasteiger partial charge in [0.1, 0.15) is 0 Å². The lowest BCUT2D eigenvalue weighted by Crippen LogP contribution is -2.52. The van der Waals surface area contributed by atoms with Gasteiger partial charge in [-0.05, 0) is 38.0 Å². The van der Waals surface area contributed by atoms with E-state index in [-0.39, 0.29) is 41.5 Å². The first-order valence-electron chi connectivity index (χ1n) is 7.70. The molecule has 0 radical (unpaired) electrons.